The number of methoxy groups -OCH3 is 1. The van der Waals surface area contributed by atoms with Gasteiger partial charge in [0.15, 0.2) is 0 Å². The number of nitrogens with one attached hydrogen (secondary N) is 2. The maximum Gasteiger partial charge on any atom is 0.336 e. The molecule has 11 heteroatoms. The molecule has 3 aromatic carbocycles. The van der Waals surface area contributed by atoms with Crippen molar-refractivity contribution < 1.29 is 33.8 Å². The number of carbonyl (C=O) groups is 2. The van der Waals surface area contributed by atoms with Crippen molar-refractivity contribution >= 4 is 28.4 Å². The maximum atomic E-state index is 13.3. The van der Waals surface area contributed by atoms with Crippen molar-refractivity contribution in [2.24, 2.45) is 0 Å². The Hall–Kier alpha value is -4.74. The average Bonchev–Trinajstić information content (AvgIpc) is 2.99. The normalized spacial score (nSPS) is 15.7. The Morgan fingerprint density at radius 3 is 2.45 bits per heavy atom. The zero-order chi connectivity index (χ0) is 30.2. The largest absolute Gasteiger partial charge is 0.490 e. The van der Waals surface area contributed by atoms with Gasteiger partial charge in [0.1, 0.15) is 25.1 Å². The number of fused-ring (bicyclic) bond motifs is 1. The molecule has 1 aliphatic heterocycles. The molecule has 1 heterocycles. The molecule has 0 saturated heterocycles. The fraction of sp³-hybridized carbons (Fsp3) is 0.290. The molecule has 1 aliphatic rings. The van der Waals surface area contributed by atoms with Crippen LogP contribution >= 0.6 is 0 Å². The number of non-ortho nitro benzene ring substituents is 1. The third-order valence-electron chi connectivity index (χ3n) is 6.87. The number of nitro groups is 1. The summed E-state index contributed by atoms with van der Waals surface area (Å²) in [5.74, 6) is -1.62. The number of allylic oxidation sites excluding steroid dienone is 2. The zero-order valence-corrected chi connectivity index (χ0v) is 23.6. The molecule has 0 saturated carbocycles. The summed E-state index contributed by atoms with van der Waals surface area (Å²) in [7, 11) is 1.23. The van der Waals surface area contributed by atoms with Crippen LogP contribution < -0.4 is 15.4 Å². The van der Waals surface area contributed by atoms with E-state index in [1.54, 1.807) is 19.9 Å². The molecule has 0 amide bonds. The number of ether oxygens (including phenoxy) is 3. The number of hydrogen-bond donors (Lipinski definition) is 3. The van der Waals surface area contributed by atoms with Gasteiger partial charge in [-0.3, -0.25) is 10.1 Å². The Bertz CT molecular complexity index is 1540. The molecule has 0 radical (unpaired) electrons. The molecule has 0 aliphatic carbocycles. The van der Waals surface area contributed by atoms with E-state index in [0.717, 1.165) is 10.8 Å². The highest BCUT2D eigenvalue weighted by molar-refractivity contribution is 6.00. The third kappa shape index (κ3) is 6.93. The first-order valence-electron chi connectivity index (χ1n) is 13.4. The number of aliphatic hydroxyl groups is 1. The summed E-state index contributed by atoms with van der Waals surface area (Å²) in [6.07, 6.45) is -0.804. The number of carbonyl (C=O) groups excluding carboxylic acids is 2. The molecule has 0 spiro atoms. The predicted octanol–water partition coefficient (Wildman–Crippen LogP) is 3.73. The van der Waals surface area contributed by atoms with Crippen LogP contribution in [0.2, 0.25) is 0 Å². The molecule has 2 atom stereocenters. The highest BCUT2D eigenvalue weighted by atomic mass is 16.6. The minimum Gasteiger partial charge on any atom is -0.490 e. The number of dihydropyridines is 1. The summed E-state index contributed by atoms with van der Waals surface area (Å²) in [6.45, 7) is 3.84. The number of rotatable bonds is 12. The van der Waals surface area contributed by atoms with Gasteiger partial charge in [-0.05, 0) is 30.9 Å². The van der Waals surface area contributed by atoms with E-state index in [4.69, 9.17) is 14.2 Å². The van der Waals surface area contributed by atoms with Crippen LogP contribution in [0.15, 0.2) is 89.3 Å². The molecule has 0 bridgehead atoms. The van der Waals surface area contributed by atoms with Gasteiger partial charge >= 0.3 is 11.9 Å². The topological polar surface area (TPSA) is 149 Å². The molecule has 3 aromatic rings. The number of aliphatic hydroxyl groups excluding tert-OH is 1. The van der Waals surface area contributed by atoms with Crippen LogP contribution in [0.1, 0.15) is 25.3 Å². The fourth-order valence-electron chi connectivity index (χ4n) is 4.93. The van der Waals surface area contributed by atoms with Gasteiger partial charge in [0.25, 0.3) is 5.69 Å². The predicted molar refractivity (Wildman–Crippen MR) is 156 cm³/mol. The van der Waals surface area contributed by atoms with Gasteiger partial charge < -0.3 is 30.0 Å². The molecular formula is C31H33N3O8. The second-order valence-electron chi connectivity index (χ2n) is 9.76. The number of hydrogen-bond acceptors (Lipinski definition) is 10. The number of esters is 2. The van der Waals surface area contributed by atoms with Gasteiger partial charge in [0, 0.05) is 42.0 Å². The first-order valence-corrected chi connectivity index (χ1v) is 13.4. The van der Waals surface area contributed by atoms with E-state index in [2.05, 4.69) is 10.6 Å². The van der Waals surface area contributed by atoms with E-state index in [9.17, 15) is 24.8 Å². The number of nitrogens with zero attached hydrogens (tertiary/aromatic N) is 1. The first-order chi connectivity index (χ1) is 20.2. The van der Waals surface area contributed by atoms with Gasteiger partial charge in [0.2, 0.25) is 0 Å². The van der Waals surface area contributed by atoms with Gasteiger partial charge in [0.05, 0.1) is 29.1 Å². The summed E-state index contributed by atoms with van der Waals surface area (Å²) in [5, 5.41) is 29.9. The summed E-state index contributed by atoms with van der Waals surface area (Å²) in [4.78, 5) is 36.9. The van der Waals surface area contributed by atoms with Crippen LogP contribution in [-0.4, -0.2) is 61.5 Å². The van der Waals surface area contributed by atoms with Crippen LogP contribution in [-0.2, 0) is 19.1 Å². The number of nitro benzene ring substituents is 1. The summed E-state index contributed by atoms with van der Waals surface area (Å²) >= 11 is 0. The smallest absolute Gasteiger partial charge is 0.336 e. The SMILES string of the molecule is COC(=O)C1=C(C)NC(C)=C(C(=O)OCCNCC(O)COc2cccc3ccccc23)C1c1cccc([N+](=O)[O-])c1. The minimum absolute atomic E-state index is 0.0234. The average molecular weight is 576 g/mol. The molecule has 4 rings (SSSR count). The van der Waals surface area contributed by atoms with E-state index in [1.807, 2.05) is 42.5 Å². The van der Waals surface area contributed by atoms with Crippen molar-refractivity contribution in [1.29, 1.82) is 0 Å². The summed E-state index contributed by atoms with van der Waals surface area (Å²) < 4.78 is 16.3. The van der Waals surface area contributed by atoms with Crippen LogP contribution in [0.4, 0.5) is 5.69 Å². The van der Waals surface area contributed by atoms with Gasteiger partial charge in [-0.1, -0.05) is 48.5 Å². The van der Waals surface area contributed by atoms with Crippen LogP contribution in [0.3, 0.4) is 0 Å². The van der Waals surface area contributed by atoms with Crippen molar-refractivity contribution in [3.05, 3.63) is 105 Å². The van der Waals surface area contributed by atoms with Crippen LogP contribution in [0.5, 0.6) is 5.75 Å². The lowest BCUT2D eigenvalue weighted by Crippen LogP contribution is -2.35. The third-order valence-corrected chi connectivity index (χ3v) is 6.87. The molecule has 11 nitrogen and oxygen atoms in total. The molecule has 2 unspecified atom stereocenters. The Morgan fingerprint density at radius 2 is 1.71 bits per heavy atom. The number of benzene rings is 3. The molecule has 3 N–H and O–H groups in total. The fourth-order valence-corrected chi connectivity index (χ4v) is 4.93. The van der Waals surface area contributed by atoms with E-state index in [1.165, 1.54) is 25.3 Å². The van der Waals surface area contributed by atoms with E-state index < -0.39 is 28.9 Å². The highest BCUT2D eigenvalue weighted by Crippen LogP contribution is 2.40. The monoisotopic (exact) mass is 575 g/mol. The second kappa shape index (κ2) is 13.7. The van der Waals surface area contributed by atoms with Gasteiger partial charge in [-0.2, -0.15) is 0 Å². The molecule has 0 aromatic heterocycles. The van der Waals surface area contributed by atoms with Crippen molar-refractivity contribution in [3.63, 3.8) is 0 Å². The van der Waals surface area contributed by atoms with Crippen molar-refractivity contribution in [3.8, 4) is 5.75 Å². The van der Waals surface area contributed by atoms with Crippen molar-refractivity contribution in [2.45, 2.75) is 25.9 Å². The van der Waals surface area contributed by atoms with E-state index in [0.29, 0.717) is 22.7 Å². The highest BCUT2D eigenvalue weighted by Gasteiger charge is 2.38. The summed E-state index contributed by atoms with van der Waals surface area (Å²) in [5.41, 5.74) is 1.42. The molecule has 0 fully saturated rings. The lowest BCUT2D eigenvalue weighted by Gasteiger charge is -2.30. The first kappa shape index (κ1) is 30.2. The quantitative estimate of drug-likeness (QED) is 0.126. The Balaban J connectivity index is 1.36. The molecular weight excluding hydrogens is 542 g/mol. The van der Waals surface area contributed by atoms with Crippen LogP contribution in [0, 0.1) is 10.1 Å². The van der Waals surface area contributed by atoms with Crippen molar-refractivity contribution in [1.82, 2.24) is 10.6 Å². The van der Waals surface area contributed by atoms with E-state index in [-0.39, 0.29) is 43.1 Å². The van der Waals surface area contributed by atoms with Crippen molar-refractivity contribution in [2.75, 3.05) is 33.4 Å². The van der Waals surface area contributed by atoms with E-state index >= 15 is 0 Å². The van der Waals surface area contributed by atoms with Crippen LogP contribution in [0.25, 0.3) is 10.8 Å². The zero-order valence-electron chi connectivity index (χ0n) is 23.6. The molecule has 220 valence electrons. The second-order valence-corrected chi connectivity index (χ2v) is 9.76. The standard InChI is InChI=1S/C31H33N3O8/c1-19-27(30(36)40-3)29(22-10-6-11-23(16-22)34(38)39)28(20(2)33-19)31(37)41-15-14-32-17-24(35)18-42-26-13-7-9-21-8-4-5-12-25(21)26/h4-13,16,24,29,32-33,35H,14-15,17-18H2,1-3H3. The minimum atomic E-state index is -0.938. The maximum absolute atomic E-state index is 13.3. The Kier molecular flexibility index (Phi) is 9.89. The Labute approximate surface area is 242 Å². The Morgan fingerprint density at radius 1 is 1.02 bits per heavy atom. The lowest BCUT2D eigenvalue weighted by atomic mass is 9.80. The van der Waals surface area contributed by atoms with Gasteiger partial charge in [-0.15, -0.1) is 0 Å². The summed E-state index contributed by atoms with van der Waals surface area (Å²) in [6, 6.07) is 19.3. The molecule has 42 heavy (non-hydrogen) atoms. The van der Waals surface area contributed by atoms with Gasteiger partial charge in [-0.25, -0.2) is 9.59 Å². The lowest BCUT2D eigenvalue weighted by molar-refractivity contribution is -0.384.